The van der Waals surface area contributed by atoms with E-state index < -0.39 is 35.4 Å². The molecule has 0 aliphatic rings. The number of halogens is 4. The highest BCUT2D eigenvalue weighted by molar-refractivity contribution is 6.34. The largest absolute Gasteiger partial charge is 0.379 e. The van der Waals surface area contributed by atoms with Gasteiger partial charge in [-0.15, -0.1) is 5.10 Å². The lowest BCUT2D eigenvalue weighted by Gasteiger charge is -2.33. The van der Waals surface area contributed by atoms with Crippen LogP contribution in [0.25, 0.3) is 16.8 Å². The summed E-state index contributed by atoms with van der Waals surface area (Å²) in [5.74, 6) is -5.90. The SMILES string of the molecule is Cc1ccc(C(C)(O)C(F)(F)CNC(=O)c2c(Cl)ccc(-c3ccn4nc(N)nc4c3)c2F)cc1. The summed E-state index contributed by atoms with van der Waals surface area (Å²) in [4.78, 5) is 16.8. The molecule has 0 aliphatic heterocycles. The van der Waals surface area contributed by atoms with E-state index in [0.29, 0.717) is 11.2 Å². The molecule has 35 heavy (non-hydrogen) atoms. The molecular weight excluding hydrogens is 483 g/mol. The van der Waals surface area contributed by atoms with Gasteiger partial charge in [0.1, 0.15) is 5.82 Å². The molecule has 0 fully saturated rings. The standard InChI is InChI=1S/C24H21ClF3N5O2/c1-13-3-5-15(6-4-13)23(2,35)24(27,28)12-30-21(34)19-17(25)8-7-16(20(19)26)14-9-10-33-18(11-14)31-22(29)32-33/h3-11,35H,12H2,1-2H3,(H2,29,32)(H,30,34). The molecule has 0 radical (unpaired) electrons. The fourth-order valence-corrected chi connectivity index (χ4v) is 3.82. The maximum Gasteiger partial charge on any atom is 0.296 e. The predicted molar refractivity (Wildman–Crippen MR) is 126 cm³/mol. The van der Waals surface area contributed by atoms with Gasteiger partial charge in [0.2, 0.25) is 5.95 Å². The third-order valence-electron chi connectivity index (χ3n) is 5.78. The van der Waals surface area contributed by atoms with Gasteiger partial charge in [-0.25, -0.2) is 17.7 Å². The molecule has 0 saturated carbocycles. The van der Waals surface area contributed by atoms with Crippen LogP contribution in [0.3, 0.4) is 0 Å². The molecule has 0 saturated heterocycles. The zero-order valence-electron chi connectivity index (χ0n) is 18.7. The second-order valence-electron chi connectivity index (χ2n) is 8.30. The molecule has 2 aromatic heterocycles. The fraction of sp³-hybridized carbons (Fsp3) is 0.208. The Balaban J connectivity index is 1.60. The molecule has 0 aliphatic carbocycles. The number of anilines is 1. The minimum absolute atomic E-state index is 0.00188. The average molecular weight is 504 g/mol. The highest BCUT2D eigenvalue weighted by Crippen LogP contribution is 2.37. The predicted octanol–water partition coefficient (Wildman–Crippen LogP) is 4.35. The number of aliphatic hydroxyl groups is 1. The van der Waals surface area contributed by atoms with Crippen molar-refractivity contribution in [3.8, 4) is 11.1 Å². The van der Waals surface area contributed by atoms with Crippen LogP contribution in [0.5, 0.6) is 0 Å². The second kappa shape index (κ2) is 8.86. The minimum atomic E-state index is -3.78. The second-order valence-corrected chi connectivity index (χ2v) is 8.70. The van der Waals surface area contributed by atoms with Crippen molar-refractivity contribution in [1.82, 2.24) is 19.9 Å². The van der Waals surface area contributed by atoms with Crippen LogP contribution in [0.2, 0.25) is 5.02 Å². The molecule has 2 heterocycles. The molecule has 0 bridgehead atoms. The monoisotopic (exact) mass is 503 g/mol. The summed E-state index contributed by atoms with van der Waals surface area (Å²) in [5.41, 5.74) is 3.88. The van der Waals surface area contributed by atoms with Crippen LogP contribution in [0.4, 0.5) is 19.1 Å². The Morgan fingerprint density at radius 2 is 1.89 bits per heavy atom. The summed E-state index contributed by atoms with van der Waals surface area (Å²) >= 11 is 6.05. The lowest BCUT2D eigenvalue weighted by molar-refractivity contribution is -0.173. The number of alkyl halides is 2. The van der Waals surface area contributed by atoms with Gasteiger partial charge in [-0.2, -0.15) is 4.98 Å². The van der Waals surface area contributed by atoms with Gasteiger partial charge in [0.15, 0.2) is 11.2 Å². The number of pyridine rings is 1. The van der Waals surface area contributed by atoms with Gasteiger partial charge < -0.3 is 16.2 Å². The van der Waals surface area contributed by atoms with Crippen LogP contribution in [0.1, 0.15) is 28.4 Å². The summed E-state index contributed by atoms with van der Waals surface area (Å²) in [6.45, 7) is 1.48. The van der Waals surface area contributed by atoms with Crippen LogP contribution in [0.15, 0.2) is 54.7 Å². The van der Waals surface area contributed by atoms with Crippen molar-refractivity contribution in [2.75, 3.05) is 12.3 Å². The van der Waals surface area contributed by atoms with Gasteiger partial charge in [-0.1, -0.05) is 41.4 Å². The van der Waals surface area contributed by atoms with Crippen molar-refractivity contribution in [3.63, 3.8) is 0 Å². The van der Waals surface area contributed by atoms with Crippen molar-refractivity contribution in [3.05, 3.63) is 82.3 Å². The zero-order valence-corrected chi connectivity index (χ0v) is 19.4. The molecule has 4 rings (SSSR count). The van der Waals surface area contributed by atoms with Gasteiger partial charge in [0.05, 0.1) is 17.1 Å². The normalized spacial score (nSPS) is 13.6. The maximum atomic E-state index is 15.4. The number of carbonyl (C=O) groups excluding carboxylic acids is 1. The average Bonchev–Trinajstić information content (AvgIpc) is 3.17. The number of hydrogen-bond donors (Lipinski definition) is 3. The van der Waals surface area contributed by atoms with Crippen LogP contribution < -0.4 is 11.1 Å². The Morgan fingerprint density at radius 3 is 2.57 bits per heavy atom. The van der Waals surface area contributed by atoms with Crippen LogP contribution in [0, 0.1) is 12.7 Å². The lowest BCUT2D eigenvalue weighted by Crippen LogP contribution is -2.50. The number of hydrogen-bond acceptors (Lipinski definition) is 5. The number of carbonyl (C=O) groups is 1. The first kappa shape index (κ1) is 24.5. The number of rotatable bonds is 6. The van der Waals surface area contributed by atoms with Crippen molar-refractivity contribution in [2.24, 2.45) is 0 Å². The quantitative estimate of drug-likeness (QED) is 0.363. The van der Waals surface area contributed by atoms with Gasteiger partial charge >= 0.3 is 0 Å². The molecule has 2 aromatic carbocycles. The number of aromatic nitrogens is 3. The van der Waals surface area contributed by atoms with E-state index in [2.05, 4.69) is 10.1 Å². The third-order valence-corrected chi connectivity index (χ3v) is 6.09. The number of amides is 1. The number of nitrogens with one attached hydrogen (secondary N) is 1. The number of nitrogens with two attached hydrogens (primary N) is 1. The van der Waals surface area contributed by atoms with Crippen molar-refractivity contribution < 1.29 is 23.1 Å². The lowest BCUT2D eigenvalue weighted by atomic mass is 9.88. The van der Waals surface area contributed by atoms with Crippen LogP contribution in [-0.4, -0.2) is 38.1 Å². The fourth-order valence-electron chi connectivity index (χ4n) is 3.59. The van der Waals surface area contributed by atoms with Crippen LogP contribution >= 0.6 is 11.6 Å². The molecular formula is C24H21ClF3N5O2. The van der Waals surface area contributed by atoms with E-state index in [1.165, 1.54) is 47.1 Å². The van der Waals surface area contributed by atoms with Gasteiger partial charge in [0, 0.05) is 11.8 Å². The molecule has 0 spiro atoms. The zero-order chi connectivity index (χ0) is 25.5. The molecule has 11 heteroatoms. The van der Waals surface area contributed by atoms with E-state index in [1.807, 2.05) is 5.32 Å². The van der Waals surface area contributed by atoms with E-state index in [1.54, 1.807) is 19.1 Å². The van der Waals surface area contributed by atoms with Gasteiger partial charge in [0.25, 0.3) is 11.8 Å². The Labute approximate surface area is 203 Å². The summed E-state index contributed by atoms with van der Waals surface area (Å²) < 4.78 is 46.7. The third kappa shape index (κ3) is 4.54. The highest BCUT2D eigenvalue weighted by Gasteiger charge is 2.50. The first-order valence-corrected chi connectivity index (χ1v) is 10.8. The van der Waals surface area contributed by atoms with Crippen molar-refractivity contribution in [1.29, 1.82) is 0 Å². The smallest absolute Gasteiger partial charge is 0.296 e. The number of benzene rings is 2. The highest BCUT2D eigenvalue weighted by atomic mass is 35.5. The molecule has 7 nitrogen and oxygen atoms in total. The van der Waals surface area contributed by atoms with Crippen LogP contribution in [-0.2, 0) is 5.60 Å². The number of nitrogen functional groups attached to an aromatic ring is 1. The Hall–Kier alpha value is -3.63. The summed E-state index contributed by atoms with van der Waals surface area (Å²) in [6, 6.07) is 11.6. The number of nitrogens with zero attached hydrogens (tertiary/aromatic N) is 3. The van der Waals surface area contributed by atoms with Crippen molar-refractivity contribution in [2.45, 2.75) is 25.4 Å². The first-order valence-electron chi connectivity index (χ1n) is 10.5. The Bertz CT molecular complexity index is 1420. The summed E-state index contributed by atoms with van der Waals surface area (Å²) in [5, 5.41) is 16.2. The van der Waals surface area contributed by atoms with E-state index in [9.17, 15) is 18.7 Å². The Morgan fingerprint density at radius 1 is 1.20 bits per heavy atom. The molecule has 1 amide bonds. The molecule has 182 valence electrons. The van der Waals surface area contributed by atoms with E-state index >= 15 is 4.39 Å². The molecule has 4 aromatic rings. The van der Waals surface area contributed by atoms with E-state index in [-0.39, 0.29) is 22.1 Å². The van der Waals surface area contributed by atoms with Gasteiger partial charge in [-0.3, -0.25) is 4.79 Å². The maximum absolute atomic E-state index is 15.4. The first-order chi connectivity index (χ1) is 16.4. The summed E-state index contributed by atoms with van der Waals surface area (Å²) in [6.07, 6.45) is 1.51. The number of aryl methyl sites for hydroxylation is 1. The van der Waals surface area contributed by atoms with Crippen molar-refractivity contribution >= 4 is 29.1 Å². The number of fused-ring (bicyclic) bond motifs is 1. The molecule has 4 N–H and O–H groups in total. The topological polar surface area (TPSA) is 106 Å². The van der Waals surface area contributed by atoms with E-state index in [4.69, 9.17) is 17.3 Å². The Kier molecular flexibility index (Phi) is 6.20. The minimum Gasteiger partial charge on any atom is -0.379 e. The summed E-state index contributed by atoms with van der Waals surface area (Å²) in [7, 11) is 0. The molecule has 1 atom stereocenters. The van der Waals surface area contributed by atoms with E-state index in [0.717, 1.165) is 12.5 Å². The molecule has 1 unspecified atom stereocenters. The van der Waals surface area contributed by atoms with Gasteiger partial charge in [-0.05, 0) is 49.2 Å².